The molecule has 0 saturated heterocycles. The van der Waals surface area contributed by atoms with Gasteiger partial charge in [-0.05, 0) is 30.7 Å². The zero-order valence-corrected chi connectivity index (χ0v) is 14.3. The van der Waals surface area contributed by atoms with Crippen molar-refractivity contribution < 1.29 is 28.3 Å². The Morgan fingerprint density at radius 1 is 1.12 bits per heavy atom. The van der Waals surface area contributed by atoms with E-state index in [4.69, 9.17) is 13.9 Å². The van der Waals surface area contributed by atoms with Gasteiger partial charge < -0.3 is 19.2 Å². The van der Waals surface area contributed by atoms with E-state index < -0.39 is 30.6 Å². The minimum absolute atomic E-state index is 0.134. The summed E-state index contributed by atoms with van der Waals surface area (Å²) in [5, 5.41) is 4.50. The predicted octanol–water partition coefficient (Wildman–Crippen LogP) is 2.01. The number of nitrogens with one attached hydrogen (secondary N) is 2. The fraction of sp³-hybridized carbons (Fsp3) is 0.278. The molecule has 8 heteroatoms. The number of imide groups is 1. The van der Waals surface area contributed by atoms with Crippen molar-refractivity contribution in [2.24, 2.45) is 0 Å². The van der Waals surface area contributed by atoms with Gasteiger partial charge in [0.2, 0.25) is 0 Å². The summed E-state index contributed by atoms with van der Waals surface area (Å²) in [5.41, 5.74) is 0. The summed E-state index contributed by atoms with van der Waals surface area (Å²) >= 11 is 0. The third-order valence-corrected chi connectivity index (χ3v) is 3.26. The smallest absolute Gasteiger partial charge is 0.347 e. The van der Waals surface area contributed by atoms with Gasteiger partial charge in [0, 0.05) is 0 Å². The molecule has 2 aromatic rings. The number of hydrogen-bond donors (Lipinski definition) is 2. The molecular weight excluding hydrogens is 340 g/mol. The molecule has 0 bridgehead atoms. The van der Waals surface area contributed by atoms with E-state index in [2.05, 4.69) is 10.6 Å². The molecule has 0 aliphatic rings. The highest BCUT2D eigenvalue weighted by atomic mass is 16.6. The largest absolute Gasteiger partial charge is 0.479 e. The van der Waals surface area contributed by atoms with Gasteiger partial charge in [-0.25, -0.2) is 9.59 Å². The molecule has 1 heterocycles. The third kappa shape index (κ3) is 6.31. The molecular formula is C18H20N2O6. The van der Waals surface area contributed by atoms with Crippen molar-refractivity contribution in [3.05, 3.63) is 54.5 Å². The maximum absolute atomic E-state index is 12.0. The van der Waals surface area contributed by atoms with Crippen LogP contribution in [0.2, 0.25) is 0 Å². The van der Waals surface area contributed by atoms with Crippen LogP contribution in [0.15, 0.2) is 53.1 Å². The van der Waals surface area contributed by atoms with Crippen LogP contribution in [-0.4, -0.2) is 30.6 Å². The van der Waals surface area contributed by atoms with Gasteiger partial charge in [0.05, 0.1) is 12.8 Å². The lowest BCUT2D eigenvalue weighted by Gasteiger charge is -2.16. The molecule has 2 rings (SSSR count). The Morgan fingerprint density at radius 3 is 2.54 bits per heavy atom. The third-order valence-electron chi connectivity index (χ3n) is 3.26. The molecule has 2 N–H and O–H groups in total. The van der Waals surface area contributed by atoms with Crippen LogP contribution in [0.3, 0.4) is 0 Å². The Morgan fingerprint density at radius 2 is 1.88 bits per heavy atom. The van der Waals surface area contributed by atoms with Crippen LogP contribution in [0.4, 0.5) is 4.79 Å². The normalized spacial score (nSPS) is 11.3. The second kappa shape index (κ2) is 9.87. The van der Waals surface area contributed by atoms with Gasteiger partial charge >= 0.3 is 12.0 Å². The lowest BCUT2D eigenvalue weighted by Crippen LogP contribution is -2.41. The predicted molar refractivity (Wildman–Crippen MR) is 91.2 cm³/mol. The summed E-state index contributed by atoms with van der Waals surface area (Å²) in [4.78, 5) is 35.3. The average Bonchev–Trinajstić information content (AvgIpc) is 3.17. The molecule has 0 aliphatic heterocycles. The number of benzene rings is 1. The average molecular weight is 360 g/mol. The van der Waals surface area contributed by atoms with Crippen molar-refractivity contribution in [3.63, 3.8) is 0 Å². The topological polar surface area (TPSA) is 107 Å². The van der Waals surface area contributed by atoms with Crippen molar-refractivity contribution >= 4 is 17.9 Å². The number of carbonyl (C=O) groups excluding carboxylic acids is 3. The summed E-state index contributed by atoms with van der Waals surface area (Å²) in [7, 11) is 0. The molecule has 0 spiro atoms. The van der Waals surface area contributed by atoms with Gasteiger partial charge in [-0.1, -0.05) is 25.1 Å². The van der Waals surface area contributed by atoms with Crippen LogP contribution in [0, 0.1) is 0 Å². The number of furan rings is 1. The zero-order chi connectivity index (χ0) is 18.8. The van der Waals surface area contributed by atoms with Crippen LogP contribution in [0.5, 0.6) is 5.75 Å². The quantitative estimate of drug-likeness (QED) is 0.698. The Hall–Kier alpha value is -3.29. The number of carbonyl (C=O) groups is 3. The Balaban J connectivity index is 1.71. The van der Waals surface area contributed by atoms with E-state index in [-0.39, 0.29) is 6.54 Å². The number of ether oxygens (including phenoxy) is 2. The molecule has 1 atom stereocenters. The van der Waals surface area contributed by atoms with E-state index in [0.717, 1.165) is 0 Å². The molecule has 0 fully saturated rings. The summed E-state index contributed by atoms with van der Waals surface area (Å²) in [6.07, 6.45) is 1.01. The highest BCUT2D eigenvalue weighted by Gasteiger charge is 2.21. The van der Waals surface area contributed by atoms with Crippen molar-refractivity contribution in [1.82, 2.24) is 10.6 Å². The lowest BCUT2D eigenvalue weighted by atomic mass is 10.2. The highest BCUT2D eigenvalue weighted by molar-refractivity contribution is 5.95. The zero-order valence-electron chi connectivity index (χ0n) is 14.3. The maximum atomic E-state index is 12.0. The van der Waals surface area contributed by atoms with E-state index in [0.29, 0.717) is 17.9 Å². The molecule has 138 valence electrons. The fourth-order valence-electron chi connectivity index (χ4n) is 1.98. The number of rotatable bonds is 8. The van der Waals surface area contributed by atoms with Crippen molar-refractivity contribution in [2.45, 2.75) is 26.0 Å². The van der Waals surface area contributed by atoms with Crippen LogP contribution in [0.25, 0.3) is 0 Å². The van der Waals surface area contributed by atoms with E-state index in [1.54, 1.807) is 43.3 Å². The van der Waals surface area contributed by atoms with Crippen molar-refractivity contribution in [2.75, 3.05) is 6.61 Å². The molecule has 3 amide bonds. The highest BCUT2D eigenvalue weighted by Crippen LogP contribution is 2.13. The fourth-order valence-corrected chi connectivity index (χ4v) is 1.98. The Labute approximate surface area is 150 Å². The van der Waals surface area contributed by atoms with Gasteiger partial charge in [0.25, 0.3) is 5.91 Å². The lowest BCUT2D eigenvalue weighted by molar-refractivity contribution is -0.155. The number of hydrogen-bond acceptors (Lipinski definition) is 6. The molecule has 0 unspecified atom stereocenters. The second-order valence-electron chi connectivity index (χ2n) is 5.25. The maximum Gasteiger partial charge on any atom is 0.347 e. The van der Waals surface area contributed by atoms with Gasteiger partial charge in [0.1, 0.15) is 11.5 Å². The second-order valence-corrected chi connectivity index (χ2v) is 5.25. The van der Waals surface area contributed by atoms with Gasteiger partial charge in [-0.2, -0.15) is 0 Å². The Bertz CT molecular complexity index is 715. The molecule has 0 aliphatic carbocycles. The molecule has 0 radical (unpaired) electrons. The summed E-state index contributed by atoms with van der Waals surface area (Å²) < 4.78 is 15.5. The molecule has 8 nitrogen and oxygen atoms in total. The minimum atomic E-state index is -0.835. The van der Waals surface area contributed by atoms with E-state index >= 15 is 0 Å². The monoisotopic (exact) mass is 360 g/mol. The van der Waals surface area contributed by atoms with Gasteiger partial charge in [-0.15, -0.1) is 0 Å². The summed E-state index contributed by atoms with van der Waals surface area (Å²) in [5.74, 6) is -0.353. The van der Waals surface area contributed by atoms with Crippen molar-refractivity contribution in [3.8, 4) is 5.75 Å². The molecule has 1 aromatic carbocycles. The summed E-state index contributed by atoms with van der Waals surface area (Å²) in [6.45, 7) is 1.31. The summed E-state index contributed by atoms with van der Waals surface area (Å²) in [6, 6.07) is 11.5. The first-order chi connectivity index (χ1) is 12.6. The van der Waals surface area contributed by atoms with E-state index in [1.807, 2.05) is 6.07 Å². The molecule has 26 heavy (non-hydrogen) atoms. The molecule has 0 saturated carbocycles. The number of esters is 1. The number of para-hydroxylation sites is 1. The first kappa shape index (κ1) is 19.0. The standard InChI is InChI=1S/C18H20N2O6/c1-2-15(26-13-7-4-3-5-8-13)17(22)25-12-16(21)20-18(23)19-11-14-9-6-10-24-14/h3-10,15H,2,11-12H2,1H3,(H2,19,20,21,23)/t15-/m0/s1. The van der Waals surface area contributed by atoms with Gasteiger partial charge in [-0.3, -0.25) is 10.1 Å². The molecule has 1 aromatic heterocycles. The SMILES string of the molecule is CC[C@H](Oc1ccccc1)C(=O)OCC(=O)NC(=O)NCc1ccco1. The van der Waals surface area contributed by atoms with Crippen LogP contribution in [0.1, 0.15) is 19.1 Å². The van der Waals surface area contributed by atoms with Crippen LogP contribution < -0.4 is 15.4 Å². The number of amides is 3. The van der Waals surface area contributed by atoms with E-state index in [9.17, 15) is 14.4 Å². The minimum Gasteiger partial charge on any atom is -0.479 e. The van der Waals surface area contributed by atoms with Crippen molar-refractivity contribution in [1.29, 1.82) is 0 Å². The van der Waals surface area contributed by atoms with E-state index in [1.165, 1.54) is 6.26 Å². The Kier molecular flexibility index (Phi) is 7.23. The van der Waals surface area contributed by atoms with Crippen LogP contribution in [-0.2, 0) is 20.9 Å². The van der Waals surface area contributed by atoms with Gasteiger partial charge in [0.15, 0.2) is 12.7 Å². The first-order valence-electron chi connectivity index (χ1n) is 8.07. The number of urea groups is 1. The van der Waals surface area contributed by atoms with Crippen LogP contribution >= 0.6 is 0 Å². The first-order valence-corrected chi connectivity index (χ1v) is 8.07.